The maximum Gasteiger partial charge on any atom is 0.226 e. The molecule has 0 aliphatic carbocycles. The van der Waals surface area contributed by atoms with Crippen LogP contribution in [0, 0.1) is 0 Å². The minimum absolute atomic E-state index is 0.795. The van der Waals surface area contributed by atoms with Gasteiger partial charge in [0.1, 0.15) is 0 Å². The van der Waals surface area contributed by atoms with Crippen LogP contribution in [-0.2, 0) is 13.0 Å². The molecule has 0 bridgehead atoms. The zero-order valence-electron chi connectivity index (χ0n) is 10.6. The van der Waals surface area contributed by atoms with E-state index in [1.807, 2.05) is 0 Å². The SMILES string of the molecule is CCCCCc1nc(CN2CCNCC2)no1. The zero-order chi connectivity index (χ0) is 11.9. The van der Waals surface area contributed by atoms with Gasteiger partial charge < -0.3 is 9.84 Å². The molecule has 1 aliphatic heterocycles. The highest BCUT2D eigenvalue weighted by Crippen LogP contribution is 2.06. The van der Waals surface area contributed by atoms with Crippen LogP contribution in [0.5, 0.6) is 0 Å². The van der Waals surface area contributed by atoms with Crippen LogP contribution in [0.15, 0.2) is 4.52 Å². The van der Waals surface area contributed by atoms with Crippen LogP contribution in [0.3, 0.4) is 0 Å². The third-order valence-corrected chi connectivity index (χ3v) is 3.08. The van der Waals surface area contributed by atoms with Crippen molar-refractivity contribution in [3.05, 3.63) is 11.7 Å². The van der Waals surface area contributed by atoms with Gasteiger partial charge in [-0.05, 0) is 6.42 Å². The Morgan fingerprint density at radius 1 is 1.29 bits per heavy atom. The van der Waals surface area contributed by atoms with Crippen LogP contribution in [-0.4, -0.2) is 41.2 Å². The van der Waals surface area contributed by atoms with Crippen LogP contribution in [0.4, 0.5) is 0 Å². The van der Waals surface area contributed by atoms with Gasteiger partial charge in [0.15, 0.2) is 5.82 Å². The second kappa shape index (κ2) is 6.71. The number of aromatic nitrogens is 2. The maximum atomic E-state index is 5.25. The molecule has 0 radical (unpaired) electrons. The van der Waals surface area contributed by atoms with E-state index in [0.717, 1.165) is 57.3 Å². The van der Waals surface area contributed by atoms with Gasteiger partial charge in [-0.1, -0.05) is 24.9 Å². The molecule has 1 fully saturated rings. The molecule has 5 nitrogen and oxygen atoms in total. The van der Waals surface area contributed by atoms with Gasteiger partial charge in [-0.3, -0.25) is 4.90 Å². The lowest BCUT2D eigenvalue weighted by Crippen LogP contribution is -2.43. The topological polar surface area (TPSA) is 54.2 Å². The lowest BCUT2D eigenvalue weighted by atomic mass is 10.2. The molecule has 1 saturated heterocycles. The largest absolute Gasteiger partial charge is 0.339 e. The van der Waals surface area contributed by atoms with Gasteiger partial charge in [0.2, 0.25) is 5.89 Å². The van der Waals surface area contributed by atoms with Gasteiger partial charge >= 0.3 is 0 Å². The van der Waals surface area contributed by atoms with Gasteiger partial charge in [0.05, 0.1) is 6.54 Å². The van der Waals surface area contributed by atoms with Crippen molar-refractivity contribution >= 4 is 0 Å². The van der Waals surface area contributed by atoms with E-state index in [1.165, 1.54) is 12.8 Å². The van der Waals surface area contributed by atoms with Gasteiger partial charge in [0, 0.05) is 32.6 Å². The second-order valence-electron chi connectivity index (χ2n) is 4.59. The van der Waals surface area contributed by atoms with Gasteiger partial charge in [-0.25, -0.2) is 0 Å². The minimum Gasteiger partial charge on any atom is -0.339 e. The highest BCUT2D eigenvalue weighted by Gasteiger charge is 2.13. The Kier molecular flexibility index (Phi) is 4.94. The summed E-state index contributed by atoms with van der Waals surface area (Å²) in [6.45, 7) is 7.27. The number of nitrogens with zero attached hydrogens (tertiary/aromatic N) is 3. The summed E-state index contributed by atoms with van der Waals surface area (Å²) >= 11 is 0. The Morgan fingerprint density at radius 3 is 2.88 bits per heavy atom. The Balaban J connectivity index is 1.76. The van der Waals surface area contributed by atoms with Crippen LogP contribution < -0.4 is 5.32 Å². The summed E-state index contributed by atoms with van der Waals surface area (Å²) in [5.74, 6) is 1.63. The second-order valence-corrected chi connectivity index (χ2v) is 4.59. The highest BCUT2D eigenvalue weighted by atomic mass is 16.5. The average Bonchev–Trinajstić information content (AvgIpc) is 2.79. The van der Waals surface area contributed by atoms with Crippen molar-refractivity contribution in [2.75, 3.05) is 26.2 Å². The quantitative estimate of drug-likeness (QED) is 0.755. The molecule has 0 amide bonds. The number of hydrogen-bond acceptors (Lipinski definition) is 5. The molecule has 1 N–H and O–H groups in total. The van der Waals surface area contributed by atoms with Crippen LogP contribution in [0.1, 0.15) is 37.9 Å². The van der Waals surface area contributed by atoms with E-state index in [0.29, 0.717) is 0 Å². The van der Waals surface area contributed by atoms with E-state index in [1.54, 1.807) is 0 Å². The average molecular weight is 238 g/mol. The molecule has 0 atom stereocenters. The summed E-state index contributed by atoms with van der Waals surface area (Å²) in [7, 11) is 0. The molecule has 0 saturated carbocycles. The molecule has 1 aromatic rings. The van der Waals surface area contributed by atoms with Crippen molar-refractivity contribution in [2.24, 2.45) is 0 Å². The number of rotatable bonds is 6. The summed E-state index contributed by atoms with van der Waals surface area (Å²) in [5, 5.41) is 7.37. The lowest BCUT2D eigenvalue weighted by Gasteiger charge is -2.25. The van der Waals surface area contributed by atoms with E-state index in [9.17, 15) is 0 Å². The zero-order valence-corrected chi connectivity index (χ0v) is 10.6. The predicted octanol–water partition coefficient (Wildman–Crippen LogP) is 1.21. The Bertz CT molecular complexity index is 320. The molecule has 2 heterocycles. The Hall–Kier alpha value is -0.940. The predicted molar refractivity (Wildman–Crippen MR) is 65.7 cm³/mol. The molecule has 0 spiro atoms. The molecule has 0 aromatic carbocycles. The Labute approximate surface area is 103 Å². The summed E-state index contributed by atoms with van der Waals surface area (Å²) in [6, 6.07) is 0. The lowest BCUT2D eigenvalue weighted by molar-refractivity contribution is 0.224. The molecule has 0 unspecified atom stereocenters. The fraction of sp³-hybridized carbons (Fsp3) is 0.833. The van der Waals surface area contributed by atoms with Crippen molar-refractivity contribution in [3.63, 3.8) is 0 Å². The van der Waals surface area contributed by atoms with Crippen molar-refractivity contribution in [3.8, 4) is 0 Å². The fourth-order valence-electron chi connectivity index (χ4n) is 2.05. The van der Waals surface area contributed by atoms with Crippen LogP contribution in [0.25, 0.3) is 0 Å². The molecule has 1 aliphatic rings. The first-order valence-corrected chi connectivity index (χ1v) is 6.63. The van der Waals surface area contributed by atoms with Gasteiger partial charge in [0.25, 0.3) is 0 Å². The standard InChI is InChI=1S/C12H22N4O/c1-2-3-4-5-12-14-11(15-17-12)10-16-8-6-13-7-9-16/h13H,2-10H2,1H3. The molecule has 5 heteroatoms. The third-order valence-electron chi connectivity index (χ3n) is 3.08. The summed E-state index contributed by atoms with van der Waals surface area (Å²) in [4.78, 5) is 6.79. The Morgan fingerprint density at radius 2 is 2.12 bits per heavy atom. The van der Waals surface area contributed by atoms with Crippen molar-refractivity contribution in [2.45, 2.75) is 39.2 Å². The molecule has 96 valence electrons. The van der Waals surface area contributed by atoms with Crippen molar-refractivity contribution in [1.29, 1.82) is 0 Å². The maximum absolute atomic E-state index is 5.25. The van der Waals surface area contributed by atoms with E-state index >= 15 is 0 Å². The first-order chi connectivity index (χ1) is 8.38. The molecular weight excluding hydrogens is 216 g/mol. The van der Waals surface area contributed by atoms with E-state index in [-0.39, 0.29) is 0 Å². The van der Waals surface area contributed by atoms with Crippen molar-refractivity contribution < 1.29 is 4.52 Å². The summed E-state index contributed by atoms with van der Waals surface area (Å²) in [5.41, 5.74) is 0. The first kappa shape index (κ1) is 12.5. The number of nitrogens with one attached hydrogen (secondary N) is 1. The highest BCUT2D eigenvalue weighted by molar-refractivity contribution is 4.87. The molecular formula is C12H22N4O. The summed E-state index contributed by atoms with van der Waals surface area (Å²) < 4.78 is 5.25. The van der Waals surface area contributed by atoms with Crippen molar-refractivity contribution in [1.82, 2.24) is 20.4 Å². The third kappa shape index (κ3) is 4.09. The number of piperazine rings is 1. The minimum atomic E-state index is 0.795. The smallest absolute Gasteiger partial charge is 0.226 e. The molecule has 17 heavy (non-hydrogen) atoms. The van der Waals surface area contributed by atoms with E-state index in [2.05, 4.69) is 27.3 Å². The van der Waals surface area contributed by atoms with Crippen LogP contribution in [0.2, 0.25) is 0 Å². The number of hydrogen-bond donors (Lipinski definition) is 1. The summed E-state index contributed by atoms with van der Waals surface area (Å²) in [6.07, 6.45) is 4.52. The monoisotopic (exact) mass is 238 g/mol. The number of aryl methyl sites for hydroxylation is 1. The van der Waals surface area contributed by atoms with E-state index in [4.69, 9.17) is 4.52 Å². The normalized spacial score (nSPS) is 17.5. The fourth-order valence-corrected chi connectivity index (χ4v) is 2.05. The first-order valence-electron chi connectivity index (χ1n) is 6.63. The molecule has 1 aromatic heterocycles. The van der Waals surface area contributed by atoms with Crippen LogP contribution >= 0.6 is 0 Å². The molecule has 2 rings (SSSR count). The van der Waals surface area contributed by atoms with E-state index < -0.39 is 0 Å². The van der Waals surface area contributed by atoms with Gasteiger partial charge in [-0.2, -0.15) is 4.98 Å². The number of unbranched alkanes of at least 4 members (excludes halogenated alkanes) is 2. The van der Waals surface area contributed by atoms with Gasteiger partial charge in [-0.15, -0.1) is 0 Å².